The van der Waals surface area contributed by atoms with E-state index in [1.165, 1.54) is 0 Å². The predicted octanol–water partition coefficient (Wildman–Crippen LogP) is 2.49. The zero-order valence-electron chi connectivity index (χ0n) is 11.0. The molecule has 1 unspecified atom stereocenters. The van der Waals surface area contributed by atoms with E-state index >= 15 is 0 Å². The van der Waals surface area contributed by atoms with Crippen molar-refractivity contribution in [3.63, 3.8) is 0 Å². The van der Waals surface area contributed by atoms with Crippen LogP contribution in [0.2, 0.25) is 0 Å². The molecule has 2 heterocycles. The molecule has 0 amide bonds. The second-order valence-corrected chi connectivity index (χ2v) is 4.50. The monoisotopic (exact) mass is 266 g/mol. The van der Waals surface area contributed by atoms with Gasteiger partial charge < -0.3 is 10.2 Å². The lowest BCUT2D eigenvalue weighted by Gasteiger charge is -2.06. The summed E-state index contributed by atoms with van der Waals surface area (Å²) in [6.07, 6.45) is 0. The van der Waals surface area contributed by atoms with E-state index in [1.54, 1.807) is 0 Å². The molecule has 3 rings (SSSR count). The smallest absolute Gasteiger partial charge is 0.266 e. The first-order valence-corrected chi connectivity index (χ1v) is 6.32. The first-order valence-electron chi connectivity index (χ1n) is 6.32. The minimum atomic E-state index is -0.428. The fourth-order valence-electron chi connectivity index (χ4n) is 1.93. The molecule has 0 saturated heterocycles. The quantitative estimate of drug-likeness (QED) is 0.788. The molecule has 0 aliphatic carbocycles. The van der Waals surface area contributed by atoms with Crippen LogP contribution in [0.15, 0.2) is 52.9 Å². The van der Waals surface area contributed by atoms with Crippen LogP contribution in [0.1, 0.15) is 23.2 Å². The van der Waals surface area contributed by atoms with Gasteiger partial charge in [-0.3, -0.25) is 0 Å². The Morgan fingerprint density at radius 3 is 2.55 bits per heavy atom. The molecule has 5 nitrogen and oxygen atoms in total. The van der Waals surface area contributed by atoms with Crippen molar-refractivity contribution in [3.8, 4) is 11.6 Å². The number of aryl methyl sites for hydroxylation is 1. The molecule has 0 aliphatic rings. The summed E-state index contributed by atoms with van der Waals surface area (Å²) in [6, 6.07) is 14.9. The van der Waals surface area contributed by atoms with E-state index in [2.05, 4.69) is 15.2 Å². The number of nitrogens with two attached hydrogens (primary N) is 1. The van der Waals surface area contributed by atoms with Crippen LogP contribution in [-0.2, 0) is 0 Å². The van der Waals surface area contributed by atoms with Crippen molar-refractivity contribution in [2.45, 2.75) is 13.0 Å². The van der Waals surface area contributed by atoms with E-state index in [0.29, 0.717) is 17.5 Å². The molecular weight excluding hydrogens is 252 g/mol. The molecule has 1 aromatic carbocycles. The second-order valence-electron chi connectivity index (χ2n) is 4.50. The molecule has 2 aromatic heterocycles. The Morgan fingerprint density at radius 2 is 1.80 bits per heavy atom. The van der Waals surface area contributed by atoms with Crippen LogP contribution >= 0.6 is 0 Å². The summed E-state index contributed by atoms with van der Waals surface area (Å²) in [5, 5.41) is 8.03. The molecule has 100 valence electrons. The van der Waals surface area contributed by atoms with Crippen molar-refractivity contribution in [2.75, 3.05) is 0 Å². The molecule has 0 bridgehead atoms. The molecule has 0 radical (unpaired) electrons. The Kier molecular flexibility index (Phi) is 3.26. The van der Waals surface area contributed by atoms with Gasteiger partial charge in [0.2, 0.25) is 5.89 Å². The molecule has 1 atom stereocenters. The molecule has 2 N–H and O–H groups in total. The van der Waals surface area contributed by atoms with Gasteiger partial charge in [-0.05, 0) is 24.6 Å². The highest BCUT2D eigenvalue weighted by Gasteiger charge is 2.17. The van der Waals surface area contributed by atoms with Gasteiger partial charge in [0.25, 0.3) is 5.89 Å². The standard InChI is InChI=1S/C15H14N4O/c1-10-6-5-9-12(17-10)14-18-19-15(20-14)13(16)11-7-3-2-4-8-11/h2-9,13H,16H2,1H3. The Labute approximate surface area is 116 Å². The summed E-state index contributed by atoms with van der Waals surface area (Å²) in [5.41, 5.74) is 8.61. The second kappa shape index (κ2) is 5.22. The zero-order chi connectivity index (χ0) is 13.9. The SMILES string of the molecule is Cc1cccc(-c2nnc(C(N)c3ccccc3)o2)n1. The van der Waals surface area contributed by atoms with Crippen LogP contribution < -0.4 is 5.73 Å². The zero-order valence-corrected chi connectivity index (χ0v) is 11.0. The number of hydrogen-bond acceptors (Lipinski definition) is 5. The van der Waals surface area contributed by atoms with E-state index in [1.807, 2.05) is 55.5 Å². The number of nitrogens with zero attached hydrogens (tertiary/aromatic N) is 3. The molecule has 0 fully saturated rings. The number of hydrogen-bond donors (Lipinski definition) is 1. The predicted molar refractivity (Wildman–Crippen MR) is 74.7 cm³/mol. The Balaban J connectivity index is 1.91. The molecule has 3 aromatic rings. The first kappa shape index (κ1) is 12.5. The van der Waals surface area contributed by atoms with Crippen molar-refractivity contribution < 1.29 is 4.42 Å². The third-order valence-corrected chi connectivity index (χ3v) is 2.97. The fourth-order valence-corrected chi connectivity index (χ4v) is 1.93. The summed E-state index contributed by atoms with van der Waals surface area (Å²) < 4.78 is 5.63. The molecule has 0 aliphatic heterocycles. The molecule has 5 heteroatoms. The van der Waals surface area contributed by atoms with Gasteiger partial charge in [0.1, 0.15) is 11.7 Å². The minimum Gasteiger partial charge on any atom is -0.417 e. The van der Waals surface area contributed by atoms with E-state index < -0.39 is 6.04 Å². The van der Waals surface area contributed by atoms with E-state index in [9.17, 15) is 0 Å². The van der Waals surface area contributed by atoms with Crippen molar-refractivity contribution in [2.24, 2.45) is 5.73 Å². The summed E-state index contributed by atoms with van der Waals surface area (Å²) in [5.74, 6) is 0.768. The van der Waals surface area contributed by atoms with Gasteiger partial charge in [0, 0.05) is 5.69 Å². The van der Waals surface area contributed by atoms with Crippen molar-refractivity contribution in [1.29, 1.82) is 0 Å². The van der Waals surface area contributed by atoms with Crippen LogP contribution in [0, 0.1) is 6.92 Å². The van der Waals surface area contributed by atoms with E-state index in [-0.39, 0.29) is 0 Å². The third-order valence-electron chi connectivity index (χ3n) is 2.97. The largest absolute Gasteiger partial charge is 0.417 e. The lowest BCUT2D eigenvalue weighted by Crippen LogP contribution is -2.11. The van der Waals surface area contributed by atoms with Gasteiger partial charge >= 0.3 is 0 Å². The third kappa shape index (κ3) is 2.44. The summed E-state index contributed by atoms with van der Waals surface area (Å²) in [4.78, 5) is 4.35. The maximum Gasteiger partial charge on any atom is 0.266 e. The summed E-state index contributed by atoms with van der Waals surface area (Å²) in [7, 11) is 0. The summed E-state index contributed by atoms with van der Waals surface area (Å²) >= 11 is 0. The van der Waals surface area contributed by atoms with Gasteiger partial charge in [-0.25, -0.2) is 4.98 Å². The highest BCUT2D eigenvalue weighted by molar-refractivity contribution is 5.46. The molecular formula is C15H14N4O. The number of aromatic nitrogens is 3. The average Bonchev–Trinajstić information content (AvgIpc) is 2.97. The van der Waals surface area contributed by atoms with Crippen molar-refractivity contribution >= 4 is 0 Å². The average molecular weight is 266 g/mol. The van der Waals surface area contributed by atoms with Crippen molar-refractivity contribution in [1.82, 2.24) is 15.2 Å². The van der Waals surface area contributed by atoms with Crippen LogP contribution in [0.4, 0.5) is 0 Å². The maximum absolute atomic E-state index is 6.12. The van der Waals surface area contributed by atoms with Crippen LogP contribution in [-0.4, -0.2) is 15.2 Å². The first-order chi connectivity index (χ1) is 9.74. The number of pyridine rings is 1. The van der Waals surface area contributed by atoms with Gasteiger partial charge in [0.15, 0.2) is 0 Å². The minimum absolute atomic E-state index is 0.384. The van der Waals surface area contributed by atoms with Crippen LogP contribution in [0.25, 0.3) is 11.6 Å². The normalized spacial score (nSPS) is 12.3. The van der Waals surface area contributed by atoms with E-state index in [0.717, 1.165) is 11.3 Å². The Hall–Kier alpha value is -2.53. The fraction of sp³-hybridized carbons (Fsp3) is 0.133. The topological polar surface area (TPSA) is 77.8 Å². The molecule has 0 saturated carbocycles. The van der Waals surface area contributed by atoms with Gasteiger partial charge in [-0.15, -0.1) is 10.2 Å². The van der Waals surface area contributed by atoms with Crippen LogP contribution in [0.3, 0.4) is 0 Å². The van der Waals surface area contributed by atoms with Gasteiger partial charge in [-0.1, -0.05) is 36.4 Å². The Morgan fingerprint density at radius 1 is 1.00 bits per heavy atom. The number of rotatable bonds is 3. The maximum atomic E-state index is 6.12. The highest BCUT2D eigenvalue weighted by Crippen LogP contribution is 2.22. The lowest BCUT2D eigenvalue weighted by atomic mass is 10.1. The number of benzene rings is 1. The summed E-state index contributed by atoms with van der Waals surface area (Å²) in [6.45, 7) is 1.91. The van der Waals surface area contributed by atoms with Crippen LogP contribution in [0.5, 0.6) is 0 Å². The lowest BCUT2D eigenvalue weighted by molar-refractivity contribution is 0.483. The van der Waals surface area contributed by atoms with Crippen molar-refractivity contribution in [3.05, 3.63) is 65.7 Å². The van der Waals surface area contributed by atoms with Gasteiger partial charge in [-0.2, -0.15) is 0 Å². The van der Waals surface area contributed by atoms with E-state index in [4.69, 9.17) is 10.2 Å². The molecule has 20 heavy (non-hydrogen) atoms. The van der Waals surface area contributed by atoms with Gasteiger partial charge in [0.05, 0.1) is 0 Å². The highest BCUT2D eigenvalue weighted by atomic mass is 16.4. The molecule has 0 spiro atoms. The Bertz CT molecular complexity index is 709.